The van der Waals surface area contributed by atoms with E-state index in [-0.39, 0.29) is 11.8 Å². The third-order valence-corrected chi connectivity index (χ3v) is 13.1. The molecule has 1 heterocycles. The number of thiophene rings is 1. The molecule has 0 amide bonds. The normalized spacial score (nSPS) is 16.0. The SMILES string of the molecule is C1=CC2=CC=CC(c3ccccc3N(c3ccc(-c4ccc5ccccc5c4)cc3)c3ccc(-c4cccc5c4sc4ccccc45)cc3)C2C(c2ccccc2)=C1. The molecular formula is C56H39NS. The number of fused-ring (bicyclic) bond motifs is 5. The van der Waals surface area contributed by atoms with E-state index in [0.29, 0.717) is 0 Å². The number of nitrogens with zero attached hydrogens (tertiary/aromatic N) is 1. The van der Waals surface area contributed by atoms with Crippen molar-refractivity contribution in [2.45, 2.75) is 5.92 Å². The summed E-state index contributed by atoms with van der Waals surface area (Å²) in [6.07, 6.45) is 13.7. The molecule has 1 aromatic heterocycles. The van der Waals surface area contributed by atoms with Gasteiger partial charge in [0.15, 0.2) is 0 Å². The van der Waals surface area contributed by atoms with Crippen LogP contribution in [0.5, 0.6) is 0 Å². The minimum atomic E-state index is 0.136. The summed E-state index contributed by atoms with van der Waals surface area (Å²) in [6, 6.07) is 69.0. The van der Waals surface area contributed by atoms with Gasteiger partial charge >= 0.3 is 0 Å². The van der Waals surface area contributed by atoms with Gasteiger partial charge < -0.3 is 4.90 Å². The Hall–Kier alpha value is -7.00. The van der Waals surface area contributed by atoms with Crippen molar-refractivity contribution >= 4 is 64.9 Å². The highest BCUT2D eigenvalue weighted by Crippen LogP contribution is 2.50. The van der Waals surface area contributed by atoms with Gasteiger partial charge in [0.2, 0.25) is 0 Å². The van der Waals surface area contributed by atoms with Gasteiger partial charge in [0.05, 0.1) is 0 Å². The Morgan fingerprint density at radius 2 is 1.16 bits per heavy atom. The van der Waals surface area contributed by atoms with Gasteiger partial charge in [0.25, 0.3) is 0 Å². The predicted molar refractivity (Wildman–Crippen MR) is 249 cm³/mol. The summed E-state index contributed by atoms with van der Waals surface area (Å²) in [5, 5.41) is 5.15. The molecule has 2 unspecified atom stereocenters. The highest BCUT2D eigenvalue weighted by molar-refractivity contribution is 7.26. The van der Waals surface area contributed by atoms with Crippen molar-refractivity contribution in [3.63, 3.8) is 0 Å². The topological polar surface area (TPSA) is 3.24 Å². The van der Waals surface area contributed by atoms with Crippen LogP contribution in [-0.2, 0) is 0 Å². The monoisotopic (exact) mass is 757 g/mol. The number of rotatable bonds is 7. The number of hydrogen-bond donors (Lipinski definition) is 0. The second-order valence-electron chi connectivity index (χ2n) is 15.2. The van der Waals surface area contributed by atoms with Crippen LogP contribution < -0.4 is 4.90 Å². The highest BCUT2D eigenvalue weighted by atomic mass is 32.1. The van der Waals surface area contributed by atoms with Crippen molar-refractivity contribution in [3.8, 4) is 22.3 Å². The maximum atomic E-state index is 2.46. The molecule has 0 N–H and O–H groups in total. The van der Waals surface area contributed by atoms with Crippen molar-refractivity contribution in [1.29, 1.82) is 0 Å². The molecule has 2 aliphatic carbocycles. The summed E-state index contributed by atoms with van der Waals surface area (Å²) in [5.41, 5.74) is 13.6. The Morgan fingerprint density at radius 3 is 2.00 bits per heavy atom. The zero-order valence-electron chi connectivity index (χ0n) is 31.9. The van der Waals surface area contributed by atoms with Crippen molar-refractivity contribution < 1.29 is 0 Å². The molecule has 11 rings (SSSR count). The van der Waals surface area contributed by atoms with Crippen molar-refractivity contribution in [3.05, 3.63) is 241 Å². The highest BCUT2D eigenvalue weighted by Gasteiger charge is 2.33. The smallest absolute Gasteiger partial charge is 0.0499 e. The first-order chi connectivity index (χ1) is 28.8. The van der Waals surface area contributed by atoms with E-state index >= 15 is 0 Å². The molecule has 2 heteroatoms. The molecule has 8 aromatic carbocycles. The van der Waals surface area contributed by atoms with E-state index in [2.05, 4.69) is 229 Å². The Kier molecular flexibility index (Phi) is 8.56. The maximum absolute atomic E-state index is 2.46. The van der Waals surface area contributed by atoms with E-state index in [9.17, 15) is 0 Å². The lowest BCUT2D eigenvalue weighted by Crippen LogP contribution is -2.21. The van der Waals surface area contributed by atoms with Crippen LogP contribution in [0, 0.1) is 5.92 Å². The fraction of sp³-hybridized carbons (Fsp3) is 0.0357. The van der Waals surface area contributed by atoms with Crippen LogP contribution in [0.3, 0.4) is 0 Å². The van der Waals surface area contributed by atoms with Crippen molar-refractivity contribution in [1.82, 2.24) is 0 Å². The van der Waals surface area contributed by atoms with Gasteiger partial charge in [-0.25, -0.2) is 0 Å². The van der Waals surface area contributed by atoms with E-state index in [1.54, 1.807) is 0 Å². The minimum absolute atomic E-state index is 0.136. The first-order valence-electron chi connectivity index (χ1n) is 20.1. The largest absolute Gasteiger partial charge is 0.310 e. The van der Waals surface area contributed by atoms with E-state index in [1.165, 1.54) is 81.2 Å². The van der Waals surface area contributed by atoms with Crippen LogP contribution >= 0.6 is 11.3 Å². The van der Waals surface area contributed by atoms with Crippen LogP contribution in [-0.4, -0.2) is 0 Å². The average Bonchev–Trinajstić information content (AvgIpc) is 3.69. The number of hydrogen-bond acceptors (Lipinski definition) is 2. The van der Waals surface area contributed by atoms with Crippen LogP contribution in [0.2, 0.25) is 0 Å². The van der Waals surface area contributed by atoms with Crippen LogP contribution in [0.4, 0.5) is 17.1 Å². The predicted octanol–water partition coefficient (Wildman–Crippen LogP) is 15.9. The summed E-state index contributed by atoms with van der Waals surface area (Å²) in [6.45, 7) is 0. The van der Waals surface area contributed by atoms with Gasteiger partial charge in [-0.2, -0.15) is 0 Å². The zero-order valence-corrected chi connectivity index (χ0v) is 32.7. The third kappa shape index (κ3) is 6.02. The average molecular weight is 758 g/mol. The van der Waals surface area contributed by atoms with Gasteiger partial charge in [0.1, 0.15) is 0 Å². The lowest BCUT2D eigenvalue weighted by atomic mass is 9.70. The summed E-state index contributed by atoms with van der Waals surface area (Å²) in [4.78, 5) is 2.46. The number of anilines is 3. The lowest BCUT2D eigenvalue weighted by Gasteiger charge is -2.36. The third-order valence-electron chi connectivity index (χ3n) is 11.9. The molecule has 0 bridgehead atoms. The Balaban J connectivity index is 1.03. The van der Waals surface area contributed by atoms with E-state index in [1.807, 2.05) is 11.3 Å². The quantitative estimate of drug-likeness (QED) is 0.156. The summed E-state index contributed by atoms with van der Waals surface area (Å²) >= 11 is 1.88. The lowest BCUT2D eigenvalue weighted by molar-refractivity contribution is 0.687. The molecule has 0 fully saturated rings. The van der Waals surface area contributed by atoms with Crippen molar-refractivity contribution in [2.24, 2.45) is 5.92 Å². The summed E-state index contributed by atoms with van der Waals surface area (Å²) in [7, 11) is 0. The maximum Gasteiger partial charge on any atom is 0.0499 e. The molecule has 2 aliphatic rings. The fourth-order valence-corrected chi connectivity index (χ4v) is 10.4. The number of para-hydroxylation sites is 1. The molecule has 58 heavy (non-hydrogen) atoms. The molecular weight excluding hydrogens is 719 g/mol. The fourth-order valence-electron chi connectivity index (χ4n) is 9.13. The zero-order chi connectivity index (χ0) is 38.4. The molecule has 0 radical (unpaired) electrons. The second-order valence-corrected chi connectivity index (χ2v) is 16.3. The van der Waals surface area contributed by atoms with Crippen LogP contribution in [0.15, 0.2) is 230 Å². The van der Waals surface area contributed by atoms with Gasteiger partial charge in [0, 0.05) is 49.1 Å². The van der Waals surface area contributed by atoms with Crippen LogP contribution in [0.25, 0.3) is 58.8 Å². The number of allylic oxidation sites excluding steroid dienone is 8. The molecule has 0 saturated carbocycles. The minimum Gasteiger partial charge on any atom is -0.310 e. The Morgan fingerprint density at radius 1 is 0.466 bits per heavy atom. The first-order valence-corrected chi connectivity index (χ1v) is 20.9. The van der Waals surface area contributed by atoms with Gasteiger partial charge in [-0.15, -0.1) is 11.3 Å². The first kappa shape index (κ1) is 34.3. The van der Waals surface area contributed by atoms with Gasteiger partial charge in [-0.1, -0.05) is 182 Å². The van der Waals surface area contributed by atoms with E-state index in [0.717, 1.165) is 11.4 Å². The van der Waals surface area contributed by atoms with E-state index < -0.39 is 0 Å². The summed E-state index contributed by atoms with van der Waals surface area (Å²) < 4.78 is 2.66. The second kappa shape index (κ2) is 14.5. The van der Waals surface area contributed by atoms with Crippen molar-refractivity contribution in [2.75, 3.05) is 4.90 Å². The molecule has 0 aliphatic heterocycles. The Labute approximate surface area is 343 Å². The van der Waals surface area contributed by atoms with E-state index in [4.69, 9.17) is 0 Å². The molecule has 9 aromatic rings. The van der Waals surface area contributed by atoms with Crippen LogP contribution in [0.1, 0.15) is 17.0 Å². The Bertz CT molecular complexity index is 3110. The standard InChI is InChI=1S/C56H39NS/c1-2-14-40(15-3-1)47-21-10-17-42-18-11-23-51(55(42)47)49-19-6-8-25-53(49)57(45-33-29-39(30-34-45)44-28-27-38-13-4-5-16-43(38)37-44)46-35-31-41(32-36-46)48-22-12-24-52-50-20-7-9-26-54(50)58-56(48)52/h1-37,51,55H. The molecule has 0 saturated heterocycles. The van der Waals surface area contributed by atoms with Gasteiger partial charge in [-0.05, 0) is 97.8 Å². The molecule has 1 nitrogen and oxygen atoms in total. The molecule has 274 valence electrons. The molecule has 0 spiro atoms. The number of benzene rings is 8. The van der Waals surface area contributed by atoms with Gasteiger partial charge in [-0.3, -0.25) is 0 Å². The summed E-state index contributed by atoms with van der Waals surface area (Å²) in [5.74, 6) is 0.330. The molecule has 2 atom stereocenters.